The Hall–Kier alpha value is -1.59. The summed E-state index contributed by atoms with van der Waals surface area (Å²) in [5.41, 5.74) is 5.11. The van der Waals surface area contributed by atoms with E-state index in [0.29, 0.717) is 5.69 Å². The third-order valence-corrected chi connectivity index (χ3v) is 9.68. The SMILES string of the molecule is C#Cc1ccc(C#C[Si](C)(C)C(C)(C)CCOC2CCCCO2)cn1. The van der Waals surface area contributed by atoms with E-state index in [4.69, 9.17) is 15.9 Å². The molecule has 0 spiro atoms. The van der Waals surface area contributed by atoms with Gasteiger partial charge in [0.15, 0.2) is 6.29 Å². The van der Waals surface area contributed by atoms with Gasteiger partial charge in [-0.3, -0.25) is 0 Å². The molecule has 0 amide bonds. The fourth-order valence-electron chi connectivity index (χ4n) is 2.55. The Morgan fingerprint density at radius 1 is 1.36 bits per heavy atom. The molecule has 134 valence electrons. The Balaban J connectivity index is 1.93. The summed E-state index contributed by atoms with van der Waals surface area (Å²) in [6.07, 6.45) is 11.4. The average molecular weight is 356 g/mol. The highest BCUT2D eigenvalue weighted by Gasteiger charge is 2.38. The van der Waals surface area contributed by atoms with E-state index in [2.05, 4.69) is 49.3 Å². The molecule has 25 heavy (non-hydrogen) atoms. The summed E-state index contributed by atoms with van der Waals surface area (Å²) in [7, 11) is -1.77. The minimum absolute atomic E-state index is 0.0128. The predicted molar refractivity (Wildman–Crippen MR) is 105 cm³/mol. The topological polar surface area (TPSA) is 31.4 Å². The smallest absolute Gasteiger partial charge is 0.157 e. The molecular formula is C21H29NO2Si. The van der Waals surface area contributed by atoms with Crippen LogP contribution in [0.1, 0.15) is 50.8 Å². The van der Waals surface area contributed by atoms with E-state index in [-0.39, 0.29) is 11.3 Å². The highest BCUT2D eigenvalue weighted by molar-refractivity contribution is 6.87. The van der Waals surface area contributed by atoms with Crippen LogP contribution in [0.4, 0.5) is 0 Å². The normalized spacial score (nSPS) is 18.1. The largest absolute Gasteiger partial charge is 0.353 e. The molecule has 1 atom stereocenters. The van der Waals surface area contributed by atoms with Gasteiger partial charge in [0, 0.05) is 25.0 Å². The number of ether oxygens (including phenoxy) is 2. The lowest BCUT2D eigenvalue weighted by Crippen LogP contribution is -2.39. The second kappa shape index (κ2) is 8.67. The van der Waals surface area contributed by atoms with E-state index in [0.717, 1.165) is 38.0 Å². The van der Waals surface area contributed by atoms with Crippen LogP contribution in [0.5, 0.6) is 0 Å². The lowest BCUT2D eigenvalue weighted by molar-refractivity contribution is -0.163. The fraction of sp³-hybridized carbons (Fsp3) is 0.571. The number of pyridine rings is 1. The molecule has 0 aromatic carbocycles. The maximum absolute atomic E-state index is 5.93. The minimum Gasteiger partial charge on any atom is -0.353 e. The lowest BCUT2D eigenvalue weighted by Gasteiger charge is -2.36. The van der Waals surface area contributed by atoms with E-state index in [9.17, 15) is 0 Å². The highest BCUT2D eigenvalue weighted by atomic mass is 28.3. The summed E-state index contributed by atoms with van der Waals surface area (Å²) in [6.45, 7) is 10.8. The number of hydrogen-bond donors (Lipinski definition) is 0. The summed E-state index contributed by atoms with van der Waals surface area (Å²) >= 11 is 0. The first-order valence-corrected chi connectivity index (χ1v) is 12.0. The Bertz CT molecular complexity index is 656. The molecule has 1 aliphatic heterocycles. The van der Waals surface area contributed by atoms with Crippen molar-refractivity contribution in [1.29, 1.82) is 0 Å². The molecule has 0 radical (unpaired) electrons. The lowest BCUT2D eigenvalue weighted by atomic mass is 10.1. The molecule has 1 fully saturated rings. The average Bonchev–Trinajstić information content (AvgIpc) is 2.61. The van der Waals surface area contributed by atoms with Crippen molar-refractivity contribution in [2.75, 3.05) is 13.2 Å². The number of aromatic nitrogens is 1. The minimum atomic E-state index is -1.77. The highest BCUT2D eigenvalue weighted by Crippen LogP contribution is 2.40. The van der Waals surface area contributed by atoms with Crippen molar-refractivity contribution in [3.05, 3.63) is 29.6 Å². The predicted octanol–water partition coefficient (Wildman–Crippen LogP) is 4.38. The van der Waals surface area contributed by atoms with E-state index < -0.39 is 8.07 Å². The van der Waals surface area contributed by atoms with Gasteiger partial charge < -0.3 is 9.47 Å². The Morgan fingerprint density at radius 2 is 2.16 bits per heavy atom. The van der Waals surface area contributed by atoms with Gasteiger partial charge in [-0.15, -0.1) is 12.0 Å². The summed E-state index contributed by atoms with van der Waals surface area (Å²) in [5.74, 6) is 5.82. The summed E-state index contributed by atoms with van der Waals surface area (Å²) in [4.78, 5) is 4.20. The van der Waals surface area contributed by atoms with Crippen LogP contribution in [0.2, 0.25) is 18.1 Å². The van der Waals surface area contributed by atoms with Crippen molar-refractivity contribution >= 4 is 8.07 Å². The second-order valence-electron chi connectivity index (χ2n) is 7.75. The third kappa shape index (κ3) is 5.72. The fourth-order valence-corrected chi connectivity index (χ4v) is 4.07. The molecule has 1 saturated heterocycles. The van der Waals surface area contributed by atoms with E-state index in [1.165, 1.54) is 6.42 Å². The summed E-state index contributed by atoms with van der Waals surface area (Å²) in [6, 6.07) is 3.78. The number of hydrogen-bond acceptors (Lipinski definition) is 3. The van der Waals surface area contributed by atoms with Gasteiger partial charge >= 0.3 is 0 Å². The van der Waals surface area contributed by atoms with Gasteiger partial charge in [-0.2, -0.15) is 0 Å². The van der Waals surface area contributed by atoms with Gasteiger partial charge in [-0.05, 0) is 42.9 Å². The summed E-state index contributed by atoms with van der Waals surface area (Å²) in [5, 5.41) is 0.154. The van der Waals surface area contributed by atoms with Gasteiger partial charge in [0.2, 0.25) is 0 Å². The second-order valence-corrected chi connectivity index (χ2v) is 12.6. The van der Waals surface area contributed by atoms with Crippen molar-refractivity contribution in [1.82, 2.24) is 4.98 Å². The van der Waals surface area contributed by atoms with Gasteiger partial charge in [0.25, 0.3) is 0 Å². The molecule has 0 aliphatic carbocycles. The van der Waals surface area contributed by atoms with E-state index in [1.807, 2.05) is 12.1 Å². The first-order valence-electron chi connectivity index (χ1n) is 9.03. The molecule has 0 N–H and O–H groups in total. The van der Waals surface area contributed by atoms with Crippen LogP contribution in [0.15, 0.2) is 18.3 Å². The molecule has 2 rings (SSSR count). The Morgan fingerprint density at radius 3 is 2.76 bits per heavy atom. The molecule has 3 nitrogen and oxygen atoms in total. The van der Waals surface area contributed by atoms with Crippen LogP contribution in [0, 0.1) is 23.8 Å². The first-order chi connectivity index (χ1) is 11.8. The van der Waals surface area contributed by atoms with E-state index in [1.54, 1.807) is 6.20 Å². The van der Waals surface area contributed by atoms with Crippen molar-refractivity contribution in [2.45, 2.75) is 64.0 Å². The zero-order chi connectivity index (χ0) is 18.3. The Kier molecular flexibility index (Phi) is 6.84. The maximum Gasteiger partial charge on any atom is 0.157 e. The van der Waals surface area contributed by atoms with Crippen molar-refractivity contribution < 1.29 is 9.47 Å². The zero-order valence-corrected chi connectivity index (χ0v) is 16.9. The van der Waals surface area contributed by atoms with Crippen molar-refractivity contribution in [3.63, 3.8) is 0 Å². The van der Waals surface area contributed by atoms with Crippen LogP contribution < -0.4 is 0 Å². The molecule has 0 saturated carbocycles. The van der Waals surface area contributed by atoms with Crippen LogP contribution >= 0.6 is 0 Å². The molecule has 1 unspecified atom stereocenters. The standard InChI is InChI=1S/C21H29NO2Si/c1-6-19-11-10-18(17-22-19)12-16-25(4,5)21(2,3)13-15-24-20-9-7-8-14-23-20/h1,10-11,17,20H,7-9,13-15H2,2-5H3. The Labute approximate surface area is 153 Å². The monoisotopic (exact) mass is 355 g/mol. The third-order valence-electron chi connectivity index (χ3n) is 5.29. The van der Waals surface area contributed by atoms with Gasteiger partial charge in [-0.1, -0.05) is 38.8 Å². The van der Waals surface area contributed by atoms with Crippen molar-refractivity contribution in [2.24, 2.45) is 0 Å². The molecule has 1 aromatic heterocycles. The van der Waals surface area contributed by atoms with Gasteiger partial charge in [0.05, 0.1) is 0 Å². The first kappa shape index (κ1) is 19.7. The van der Waals surface area contributed by atoms with Crippen LogP contribution in [0.3, 0.4) is 0 Å². The number of nitrogens with zero attached hydrogens (tertiary/aromatic N) is 1. The molecular weight excluding hydrogens is 326 g/mol. The van der Waals surface area contributed by atoms with E-state index >= 15 is 0 Å². The van der Waals surface area contributed by atoms with Gasteiger partial charge in [0.1, 0.15) is 13.8 Å². The molecule has 1 aliphatic rings. The number of rotatable bonds is 5. The van der Waals surface area contributed by atoms with Crippen LogP contribution in [-0.4, -0.2) is 32.6 Å². The van der Waals surface area contributed by atoms with Gasteiger partial charge in [-0.25, -0.2) is 4.98 Å². The zero-order valence-electron chi connectivity index (χ0n) is 15.9. The van der Waals surface area contributed by atoms with Crippen LogP contribution in [0.25, 0.3) is 0 Å². The maximum atomic E-state index is 5.93. The molecule has 0 bridgehead atoms. The van der Waals surface area contributed by atoms with Crippen LogP contribution in [-0.2, 0) is 9.47 Å². The summed E-state index contributed by atoms with van der Waals surface area (Å²) < 4.78 is 11.6. The van der Waals surface area contributed by atoms with Crippen molar-refractivity contribution in [3.8, 4) is 23.8 Å². The molecule has 1 aromatic rings. The molecule has 2 heterocycles. The molecule has 4 heteroatoms. The quantitative estimate of drug-likeness (QED) is 0.580. The number of terminal acetylenes is 1.